The van der Waals surface area contributed by atoms with Crippen LogP contribution in [0.2, 0.25) is 0 Å². The highest BCUT2D eigenvalue weighted by molar-refractivity contribution is 7.90. The molecule has 2 amide bonds. The number of amides is 2. The van der Waals surface area contributed by atoms with Crippen LogP contribution in [-0.2, 0) is 14.8 Å². The molecule has 0 aliphatic carbocycles. The van der Waals surface area contributed by atoms with Crippen molar-refractivity contribution in [3.63, 3.8) is 0 Å². The molecule has 21 heavy (non-hydrogen) atoms. The Morgan fingerprint density at radius 1 is 1.33 bits per heavy atom. The van der Waals surface area contributed by atoms with E-state index in [1.54, 1.807) is 6.07 Å². The molecule has 0 radical (unpaired) electrons. The van der Waals surface area contributed by atoms with E-state index in [4.69, 9.17) is 0 Å². The Morgan fingerprint density at radius 2 is 2.10 bits per heavy atom. The van der Waals surface area contributed by atoms with Crippen molar-refractivity contribution >= 4 is 27.8 Å². The van der Waals surface area contributed by atoms with Crippen molar-refractivity contribution in [1.29, 1.82) is 0 Å². The third kappa shape index (κ3) is 2.17. The average Bonchev–Trinajstić information content (AvgIpc) is 3.02. The number of rotatable bonds is 3. The fourth-order valence-corrected chi connectivity index (χ4v) is 3.55. The van der Waals surface area contributed by atoms with E-state index in [1.807, 2.05) is 0 Å². The van der Waals surface area contributed by atoms with Gasteiger partial charge in [-0.3, -0.25) is 14.9 Å². The van der Waals surface area contributed by atoms with Crippen LogP contribution in [-0.4, -0.2) is 41.1 Å². The maximum absolute atomic E-state index is 12.2. The minimum atomic E-state index is -3.98. The molecule has 0 fully saturated rings. The lowest BCUT2D eigenvalue weighted by molar-refractivity contribution is -0.116. The summed E-state index contributed by atoms with van der Waals surface area (Å²) in [6.45, 7) is -0.601. The molecule has 2 N–H and O–H groups in total. The summed E-state index contributed by atoms with van der Waals surface area (Å²) in [5, 5.41) is 2.37. The van der Waals surface area contributed by atoms with Crippen LogP contribution in [0, 0.1) is 0 Å². The van der Waals surface area contributed by atoms with Gasteiger partial charge < -0.3 is 4.98 Å². The first-order valence-electron chi connectivity index (χ1n) is 5.95. The van der Waals surface area contributed by atoms with Crippen LogP contribution in [0.3, 0.4) is 0 Å². The quantitative estimate of drug-likeness (QED) is 0.840. The van der Waals surface area contributed by atoms with E-state index in [-0.39, 0.29) is 16.4 Å². The number of nitrogens with zero attached hydrogens (tertiary/aromatic N) is 2. The highest BCUT2D eigenvalue weighted by atomic mass is 32.2. The van der Waals surface area contributed by atoms with E-state index >= 15 is 0 Å². The molecule has 2 heterocycles. The fourth-order valence-electron chi connectivity index (χ4n) is 2.02. The second-order valence-electron chi connectivity index (χ2n) is 4.30. The number of hydrogen-bond donors (Lipinski definition) is 2. The molecule has 3 rings (SSSR count). The van der Waals surface area contributed by atoms with E-state index in [9.17, 15) is 18.0 Å². The number of hydrogen-bond acceptors (Lipinski definition) is 5. The summed E-state index contributed by atoms with van der Waals surface area (Å²) in [5.41, 5.74) is 0.0725. The van der Waals surface area contributed by atoms with E-state index in [2.05, 4.69) is 15.3 Å². The normalized spacial score (nSPS) is 15.8. The van der Waals surface area contributed by atoms with Gasteiger partial charge in [-0.15, -0.1) is 0 Å². The molecule has 2 aromatic rings. The van der Waals surface area contributed by atoms with Gasteiger partial charge in [0.25, 0.3) is 15.9 Å². The van der Waals surface area contributed by atoms with Gasteiger partial charge in [-0.1, -0.05) is 12.1 Å². The number of benzene rings is 1. The molecular weight excluding hydrogens is 296 g/mol. The second kappa shape index (κ2) is 4.70. The van der Waals surface area contributed by atoms with Crippen LogP contribution in [0.25, 0.3) is 0 Å². The van der Waals surface area contributed by atoms with Gasteiger partial charge in [-0.05, 0) is 12.1 Å². The largest absolute Gasteiger partial charge is 0.331 e. The smallest absolute Gasteiger partial charge is 0.269 e. The lowest BCUT2D eigenvalue weighted by Crippen LogP contribution is -2.37. The highest BCUT2D eigenvalue weighted by Gasteiger charge is 2.41. The molecular formula is C12H10N4O4S. The lowest BCUT2D eigenvalue weighted by atomic mass is 10.2. The minimum absolute atomic E-state index is 0.0725. The number of imidazole rings is 1. The summed E-state index contributed by atoms with van der Waals surface area (Å²) in [6, 6.07) is 5.85. The number of aromatic nitrogens is 2. The van der Waals surface area contributed by atoms with E-state index in [1.165, 1.54) is 30.6 Å². The predicted octanol–water partition coefficient (Wildman–Crippen LogP) is 0.193. The number of anilines is 1. The Hall–Kier alpha value is -2.68. The second-order valence-corrected chi connectivity index (χ2v) is 6.13. The van der Waals surface area contributed by atoms with Crippen LogP contribution < -0.4 is 5.32 Å². The number of sulfonamides is 1. The van der Waals surface area contributed by atoms with Crippen LogP contribution >= 0.6 is 0 Å². The average molecular weight is 306 g/mol. The third-order valence-electron chi connectivity index (χ3n) is 2.96. The Labute approximate surface area is 119 Å². The van der Waals surface area contributed by atoms with Crippen molar-refractivity contribution in [2.45, 2.75) is 4.90 Å². The summed E-state index contributed by atoms with van der Waals surface area (Å²) in [5.74, 6) is -1.18. The van der Waals surface area contributed by atoms with Gasteiger partial charge in [0.15, 0.2) is 0 Å². The third-order valence-corrected chi connectivity index (χ3v) is 4.74. The van der Waals surface area contributed by atoms with Crippen molar-refractivity contribution in [1.82, 2.24) is 14.3 Å². The van der Waals surface area contributed by atoms with Gasteiger partial charge in [0, 0.05) is 12.4 Å². The van der Waals surface area contributed by atoms with Gasteiger partial charge in [-0.2, -0.15) is 0 Å². The Kier molecular flexibility index (Phi) is 2.98. The molecule has 1 aliphatic heterocycles. The number of carbonyl (C=O) groups is 2. The number of fused-ring (bicyclic) bond motifs is 1. The summed E-state index contributed by atoms with van der Waals surface area (Å²) < 4.78 is 25.0. The first kappa shape index (κ1) is 13.3. The van der Waals surface area contributed by atoms with Gasteiger partial charge >= 0.3 is 0 Å². The number of aromatic amines is 1. The van der Waals surface area contributed by atoms with Crippen molar-refractivity contribution in [2.75, 3.05) is 11.9 Å². The van der Waals surface area contributed by atoms with Crippen molar-refractivity contribution in [2.24, 2.45) is 0 Å². The van der Waals surface area contributed by atoms with E-state index in [0.717, 1.165) is 0 Å². The number of carbonyl (C=O) groups excluding carboxylic acids is 2. The fraction of sp³-hybridized carbons (Fsp3) is 0.0833. The maximum atomic E-state index is 12.2. The van der Waals surface area contributed by atoms with Crippen LogP contribution in [0.4, 0.5) is 5.95 Å². The molecule has 0 bridgehead atoms. The molecule has 1 aliphatic rings. The van der Waals surface area contributed by atoms with Gasteiger partial charge in [-0.25, -0.2) is 17.7 Å². The first-order valence-corrected chi connectivity index (χ1v) is 7.39. The van der Waals surface area contributed by atoms with E-state index < -0.39 is 28.4 Å². The molecule has 8 nitrogen and oxygen atoms in total. The Morgan fingerprint density at radius 3 is 2.76 bits per heavy atom. The maximum Gasteiger partial charge on any atom is 0.269 e. The topological polar surface area (TPSA) is 112 Å². The minimum Gasteiger partial charge on any atom is -0.331 e. The van der Waals surface area contributed by atoms with Gasteiger partial charge in [0.1, 0.15) is 11.4 Å². The first-order chi connectivity index (χ1) is 10.00. The molecule has 1 aromatic carbocycles. The molecule has 0 unspecified atom stereocenters. The zero-order chi connectivity index (χ0) is 15.0. The SMILES string of the molecule is O=C(CN1C(=O)c2ccccc2S1(=O)=O)Nc1ncc[nH]1. The van der Waals surface area contributed by atoms with Crippen LogP contribution in [0.1, 0.15) is 10.4 Å². The molecule has 0 spiro atoms. The molecule has 9 heteroatoms. The highest BCUT2D eigenvalue weighted by Crippen LogP contribution is 2.29. The lowest BCUT2D eigenvalue weighted by Gasteiger charge is -2.13. The molecule has 108 valence electrons. The van der Waals surface area contributed by atoms with Gasteiger partial charge in [0.05, 0.1) is 5.56 Å². The zero-order valence-electron chi connectivity index (χ0n) is 10.6. The summed E-state index contributed by atoms with van der Waals surface area (Å²) >= 11 is 0. The standard InChI is InChI=1S/C12H10N4O4S/c17-10(15-12-13-5-6-14-12)7-16-11(18)8-3-1-2-4-9(8)21(16,19)20/h1-6H,7H2,(H2,13,14,15,17). The number of nitrogens with one attached hydrogen (secondary N) is 2. The molecule has 1 aromatic heterocycles. The molecule has 0 saturated carbocycles. The van der Waals surface area contributed by atoms with Crippen molar-refractivity contribution < 1.29 is 18.0 Å². The Balaban J connectivity index is 1.84. The summed E-state index contributed by atoms with van der Waals surface area (Å²) in [6.07, 6.45) is 2.94. The number of H-pyrrole nitrogens is 1. The summed E-state index contributed by atoms with van der Waals surface area (Å²) in [7, 11) is -3.98. The Bertz CT molecular complexity index is 814. The van der Waals surface area contributed by atoms with Crippen molar-refractivity contribution in [3.05, 3.63) is 42.2 Å². The summed E-state index contributed by atoms with van der Waals surface area (Å²) in [4.78, 5) is 30.3. The molecule has 0 saturated heterocycles. The molecule has 0 atom stereocenters. The van der Waals surface area contributed by atoms with E-state index in [0.29, 0.717) is 4.31 Å². The monoisotopic (exact) mass is 306 g/mol. The van der Waals surface area contributed by atoms with Crippen LogP contribution in [0.15, 0.2) is 41.6 Å². The van der Waals surface area contributed by atoms with Gasteiger partial charge in [0.2, 0.25) is 11.9 Å². The zero-order valence-corrected chi connectivity index (χ0v) is 11.4. The predicted molar refractivity (Wildman–Crippen MR) is 71.9 cm³/mol. The van der Waals surface area contributed by atoms with Crippen molar-refractivity contribution in [3.8, 4) is 0 Å². The van der Waals surface area contributed by atoms with Crippen LogP contribution in [0.5, 0.6) is 0 Å².